The summed E-state index contributed by atoms with van der Waals surface area (Å²) in [7, 11) is 0. The van der Waals surface area contributed by atoms with Gasteiger partial charge < -0.3 is 21.5 Å². The van der Waals surface area contributed by atoms with Gasteiger partial charge in [0, 0.05) is 0 Å². The van der Waals surface area contributed by atoms with E-state index in [1.165, 1.54) is 0 Å². The van der Waals surface area contributed by atoms with E-state index in [4.69, 9.17) is 5.41 Å². The molecular weight excluding hydrogens is 136 g/mol. The van der Waals surface area contributed by atoms with Crippen LogP contribution in [0.4, 0.5) is 4.79 Å². The number of rotatable bonds is 0. The van der Waals surface area contributed by atoms with Gasteiger partial charge in [-0.15, -0.1) is 0 Å². The Balaban J connectivity index is 0.000000180. The van der Waals surface area contributed by atoms with Crippen LogP contribution < -0.4 is 16.8 Å². The Labute approximate surface area is 58.0 Å². The maximum atomic E-state index is 9.91. The van der Waals surface area contributed by atoms with Crippen molar-refractivity contribution in [1.29, 1.82) is 5.41 Å². The van der Waals surface area contributed by atoms with Gasteiger partial charge >= 0.3 is 6.09 Å². The van der Waals surface area contributed by atoms with Crippen LogP contribution in [0, 0.1) is 5.41 Å². The molecule has 1 fully saturated rings. The predicted octanol–water partition coefficient (Wildman–Crippen LogP) is -1.44. The number of cyclic esters (lactones) is 1. The van der Waals surface area contributed by atoms with E-state index in [-0.39, 0.29) is 12.1 Å². The highest BCUT2D eigenvalue weighted by Crippen LogP contribution is 1.82. The van der Waals surface area contributed by atoms with Crippen molar-refractivity contribution < 1.29 is 9.53 Å². The number of guanidine groups is 1. The van der Waals surface area contributed by atoms with Crippen LogP contribution in [-0.2, 0) is 4.74 Å². The van der Waals surface area contributed by atoms with Gasteiger partial charge in [0.2, 0.25) is 0 Å². The van der Waals surface area contributed by atoms with E-state index in [1.54, 1.807) is 0 Å². The quantitative estimate of drug-likeness (QED) is 0.247. The van der Waals surface area contributed by atoms with Gasteiger partial charge in [-0.1, -0.05) is 0 Å². The van der Waals surface area contributed by atoms with Crippen molar-refractivity contribution in [2.75, 3.05) is 13.2 Å². The number of hydrogen-bond donors (Lipinski definition) is 4. The second-order valence-corrected chi connectivity index (χ2v) is 1.52. The molecule has 6 heteroatoms. The molecule has 10 heavy (non-hydrogen) atoms. The largest absolute Gasteiger partial charge is 0.448 e. The zero-order valence-corrected chi connectivity index (χ0v) is 5.39. The van der Waals surface area contributed by atoms with Crippen molar-refractivity contribution in [3.05, 3.63) is 0 Å². The number of alkyl carbamates (subject to hydrolysis) is 1. The lowest BCUT2D eigenvalue weighted by molar-refractivity contribution is 0.178. The molecule has 1 rings (SSSR count). The van der Waals surface area contributed by atoms with Crippen LogP contribution >= 0.6 is 0 Å². The second-order valence-electron chi connectivity index (χ2n) is 1.52. The lowest BCUT2D eigenvalue weighted by Gasteiger charge is -1.80. The van der Waals surface area contributed by atoms with Gasteiger partial charge in [-0.3, -0.25) is 5.41 Å². The minimum absolute atomic E-state index is 0.296. The normalized spacial score (nSPS) is 14.2. The fourth-order valence-corrected chi connectivity index (χ4v) is 0.348. The average molecular weight is 146 g/mol. The monoisotopic (exact) mass is 146 g/mol. The number of ether oxygens (including phenoxy) is 1. The summed E-state index contributed by atoms with van der Waals surface area (Å²) < 4.78 is 4.40. The molecule has 1 amide bonds. The van der Waals surface area contributed by atoms with Crippen molar-refractivity contribution in [2.24, 2.45) is 11.5 Å². The van der Waals surface area contributed by atoms with Crippen molar-refractivity contribution in [3.8, 4) is 0 Å². The highest BCUT2D eigenvalue weighted by atomic mass is 16.6. The summed E-state index contributed by atoms with van der Waals surface area (Å²) >= 11 is 0. The number of nitrogens with one attached hydrogen (secondary N) is 2. The summed E-state index contributed by atoms with van der Waals surface area (Å²) in [5.41, 5.74) is 8.94. The van der Waals surface area contributed by atoms with Crippen LogP contribution in [0.25, 0.3) is 0 Å². The minimum Gasteiger partial charge on any atom is -0.448 e. The summed E-state index contributed by atoms with van der Waals surface area (Å²) in [5.74, 6) is -0.333. The molecule has 1 aliphatic heterocycles. The van der Waals surface area contributed by atoms with Crippen molar-refractivity contribution in [2.45, 2.75) is 0 Å². The van der Waals surface area contributed by atoms with Crippen LogP contribution in [0.3, 0.4) is 0 Å². The molecule has 1 saturated heterocycles. The third-order valence-corrected chi connectivity index (χ3v) is 0.605. The molecule has 58 valence electrons. The summed E-state index contributed by atoms with van der Waals surface area (Å²) in [6, 6.07) is 0. The van der Waals surface area contributed by atoms with Gasteiger partial charge in [0.15, 0.2) is 5.96 Å². The van der Waals surface area contributed by atoms with Crippen LogP contribution in [0.15, 0.2) is 0 Å². The molecule has 0 unspecified atom stereocenters. The van der Waals surface area contributed by atoms with Gasteiger partial charge in [-0.25, -0.2) is 4.79 Å². The highest BCUT2D eigenvalue weighted by Gasteiger charge is 2.06. The highest BCUT2D eigenvalue weighted by molar-refractivity contribution is 5.71. The molecule has 0 atom stereocenters. The van der Waals surface area contributed by atoms with E-state index in [1.807, 2.05) is 0 Å². The van der Waals surface area contributed by atoms with E-state index >= 15 is 0 Å². The van der Waals surface area contributed by atoms with Crippen LogP contribution in [0.2, 0.25) is 0 Å². The first kappa shape index (κ1) is 8.54. The van der Waals surface area contributed by atoms with E-state index in [0.717, 1.165) is 0 Å². The summed E-state index contributed by atoms with van der Waals surface area (Å²) in [5, 5.41) is 8.51. The van der Waals surface area contributed by atoms with Gasteiger partial charge in [0.25, 0.3) is 0 Å². The zero-order chi connectivity index (χ0) is 7.98. The Kier molecular flexibility index (Phi) is 3.78. The molecule has 1 heterocycles. The maximum absolute atomic E-state index is 9.91. The molecule has 0 radical (unpaired) electrons. The Morgan fingerprint density at radius 1 is 1.70 bits per heavy atom. The van der Waals surface area contributed by atoms with Crippen LogP contribution in [0.5, 0.6) is 0 Å². The zero-order valence-electron chi connectivity index (χ0n) is 5.39. The number of carbonyl (C=O) groups is 1. The molecule has 0 aromatic heterocycles. The first-order valence-corrected chi connectivity index (χ1v) is 2.63. The standard InChI is InChI=1S/C3H5NO2.CH5N3/c5-3-4-1-2-6-3;2-1(3)4/h1-2H2,(H,4,5);(H5,2,3,4). The number of hydrogen-bond acceptors (Lipinski definition) is 3. The Bertz CT molecular complexity index is 123. The fourth-order valence-electron chi connectivity index (χ4n) is 0.348. The molecule has 0 bridgehead atoms. The molecule has 0 aromatic rings. The molecule has 0 saturated carbocycles. The van der Waals surface area contributed by atoms with Gasteiger partial charge in [0.1, 0.15) is 6.61 Å². The maximum Gasteiger partial charge on any atom is 0.407 e. The minimum atomic E-state index is -0.333. The Morgan fingerprint density at radius 3 is 2.30 bits per heavy atom. The first-order valence-electron chi connectivity index (χ1n) is 2.63. The lowest BCUT2D eigenvalue weighted by Crippen LogP contribution is -2.20. The Hall–Kier alpha value is -1.46. The molecule has 6 N–H and O–H groups in total. The van der Waals surface area contributed by atoms with E-state index in [0.29, 0.717) is 13.2 Å². The van der Waals surface area contributed by atoms with E-state index in [9.17, 15) is 4.79 Å². The molecule has 0 spiro atoms. The summed E-state index contributed by atoms with van der Waals surface area (Å²) in [4.78, 5) is 9.91. The summed E-state index contributed by atoms with van der Waals surface area (Å²) in [6.45, 7) is 1.19. The fraction of sp³-hybridized carbons (Fsp3) is 0.500. The van der Waals surface area contributed by atoms with Gasteiger partial charge in [0.05, 0.1) is 6.54 Å². The number of nitrogens with two attached hydrogens (primary N) is 2. The molecule has 6 nitrogen and oxygen atoms in total. The van der Waals surface area contributed by atoms with E-state index < -0.39 is 0 Å². The predicted molar refractivity (Wildman–Crippen MR) is 35.5 cm³/mol. The number of carbonyl (C=O) groups excluding carboxylic acids is 1. The molecule has 0 aromatic carbocycles. The smallest absolute Gasteiger partial charge is 0.407 e. The van der Waals surface area contributed by atoms with Gasteiger partial charge in [-0.05, 0) is 0 Å². The average Bonchev–Trinajstić information content (AvgIpc) is 2.15. The lowest BCUT2D eigenvalue weighted by atomic mass is 10.7. The van der Waals surface area contributed by atoms with Crippen LogP contribution in [-0.4, -0.2) is 25.2 Å². The second kappa shape index (κ2) is 4.42. The van der Waals surface area contributed by atoms with Crippen molar-refractivity contribution in [1.82, 2.24) is 5.32 Å². The SMILES string of the molecule is N=C(N)N.O=C1NCCO1. The van der Waals surface area contributed by atoms with E-state index in [2.05, 4.69) is 21.5 Å². The third kappa shape index (κ3) is 6.54. The van der Waals surface area contributed by atoms with Crippen molar-refractivity contribution in [3.63, 3.8) is 0 Å². The topological polar surface area (TPSA) is 114 Å². The Morgan fingerprint density at radius 2 is 2.20 bits per heavy atom. The first-order chi connectivity index (χ1) is 4.63. The van der Waals surface area contributed by atoms with Crippen LogP contribution in [0.1, 0.15) is 0 Å². The molecule has 0 aliphatic carbocycles. The molecular formula is C4H10N4O2. The number of amides is 1. The van der Waals surface area contributed by atoms with Gasteiger partial charge in [-0.2, -0.15) is 0 Å². The third-order valence-electron chi connectivity index (χ3n) is 0.605. The molecule has 1 aliphatic rings. The summed E-state index contributed by atoms with van der Waals surface area (Å²) in [6.07, 6.45) is -0.296. The van der Waals surface area contributed by atoms with Crippen molar-refractivity contribution >= 4 is 12.1 Å².